The van der Waals surface area contributed by atoms with Gasteiger partial charge in [-0.05, 0) is 60.2 Å². The highest BCUT2D eigenvalue weighted by atomic mass is 16.5. The fourth-order valence-electron chi connectivity index (χ4n) is 2.34. The molecule has 4 nitrogen and oxygen atoms in total. The Morgan fingerprint density at radius 2 is 1.46 bits per heavy atom. The van der Waals surface area contributed by atoms with Gasteiger partial charge in [0.25, 0.3) is 5.91 Å². The number of anilines is 1. The van der Waals surface area contributed by atoms with Crippen molar-refractivity contribution in [1.29, 1.82) is 0 Å². The van der Waals surface area contributed by atoms with Crippen molar-refractivity contribution < 1.29 is 14.3 Å². The number of benzene rings is 2. The van der Waals surface area contributed by atoms with Crippen LogP contribution in [0.1, 0.15) is 45.6 Å². The molecule has 0 aliphatic heterocycles. The molecule has 0 saturated carbocycles. The molecule has 0 heterocycles. The van der Waals surface area contributed by atoms with E-state index in [4.69, 9.17) is 9.47 Å². The van der Waals surface area contributed by atoms with Gasteiger partial charge in [-0.1, -0.05) is 39.8 Å². The van der Waals surface area contributed by atoms with Crippen LogP contribution in [0.15, 0.2) is 48.5 Å². The van der Waals surface area contributed by atoms with Crippen LogP contribution in [0, 0.1) is 5.92 Å². The summed E-state index contributed by atoms with van der Waals surface area (Å²) in [5.74, 6) is 2.41. The van der Waals surface area contributed by atoms with E-state index >= 15 is 0 Å². The molecular formula is C22H29NO3. The van der Waals surface area contributed by atoms with Crippen molar-refractivity contribution in [2.45, 2.75) is 40.0 Å². The lowest BCUT2D eigenvalue weighted by molar-refractivity contribution is -0.118. The van der Waals surface area contributed by atoms with Crippen LogP contribution in [0.3, 0.4) is 0 Å². The monoisotopic (exact) mass is 355 g/mol. The summed E-state index contributed by atoms with van der Waals surface area (Å²) in [6.07, 6.45) is 1.02. The molecule has 1 N–H and O–H groups in total. The summed E-state index contributed by atoms with van der Waals surface area (Å²) in [6, 6.07) is 15.2. The van der Waals surface area contributed by atoms with Crippen molar-refractivity contribution in [2.24, 2.45) is 5.92 Å². The summed E-state index contributed by atoms with van der Waals surface area (Å²) in [5.41, 5.74) is 1.97. The Morgan fingerprint density at radius 1 is 0.885 bits per heavy atom. The summed E-state index contributed by atoms with van der Waals surface area (Å²) < 4.78 is 11.2. The highest BCUT2D eigenvalue weighted by Gasteiger charge is 2.05. The number of rotatable bonds is 9. The van der Waals surface area contributed by atoms with Gasteiger partial charge in [-0.2, -0.15) is 0 Å². The highest BCUT2D eigenvalue weighted by Crippen LogP contribution is 2.19. The first-order valence-electron chi connectivity index (χ1n) is 9.19. The quantitative estimate of drug-likeness (QED) is 0.668. The zero-order chi connectivity index (χ0) is 18.9. The predicted octanol–water partition coefficient (Wildman–Crippen LogP) is 5.25. The van der Waals surface area contributed by atoms with Gasteiger partial charge in [0.15, 0.2) is 6.61 Å². The van der Waals surface area contributed by atoms with Crippen molar-refractivity contribution >= 4 is 11.6 Å². The lowest BCUT2D eigenvalue weighted by Crippen LogP contribution is -2.20. The van der Waals surface area contributed by atoms with Gasteiger partial charge in [-0.15, -0.1) is 0 Å². The fourth-order valence-corrected chi connectivity index (χ4v) is 2.34. The van der Waals surface area contributed by atoms with Gasteiger partial charge < -0.3 is 14.8 Å². The molecule has 1 amide bonds. The average Bonchev–Trinajstić information content (AvgIpc) is 2.61. The number of ether oxygens (including phenoxy) is 2. The van der Waals surface area contributed by atoms with E-state index in [0.717, 1.165) is 17.9 Å². The maximum atomic E-state index is 12.0. The molecule has 0 radical (unpaired) electrons. The number of carbonyl (C=O) groups is 1. The van der Waals surface area contributed by atoms with Crippen molar-refractivity contribution in [2.75, 3.05) is 18.5 Å². The summed E-state index contributed by atoms with van der Waals surface area (Å²) in [5, 5.41) is 2.82. The maximum Gasteiger partial charge on any atom is 0.262 e. The molecule has 26 heavy (non-hydrogen) atoms. The van der Waals surface area contributed by atoms with E-state index in [2.05, 4.69) is 33.0 Å². The Kier molecular flexibility index (Phi) is 7.52. The second kappa shape index (κ2) is 9.85. The topological polar surface area (TPSA) is 47.6 Å². The molecule has 0 spiro atoms. The van der Waals surface area contributed by atoms with Gasteiger partial charge in [-0.25, -0.2) is 0 Å². The molecule has 0 fully saturated rings. The van der Waals surface area contributed by atoms with Gasteiger partial charge in [0.1, 0.15) is 11.5 Å². The number of nitrogens with one attached hydrogen (secondary N) is 1. The smallest absolute Gasteiger partial charge is 0.262 e. The molecule has 2 aromatic carbocycles. The van der Waals surface area contributed by atoms with Crippen LogP contribution in [-0.2, 0) is 4.79 Å². The van der Waals surface area contributed by atoms with Crippen LogP contribution in [-0.4, -0.2) is 19.1 Å². The van der Waals surface area contributed by atoms with E-state index in [-0.39, 0.29) is 12.5 Å². The van der Waals surface area contributed by atoms with Crippen LogP contribution in [0.4, 0.5) is 5.69 Å². The number of hydrogen-bond donors (Lipinski definition) is 1. The second-order valence-corrected chi connectivity index (χ2v) is 7.12. The molecule has 0 aromatic heterocycles. The van der Waals surface area contributed by atoms with E-state index in [1.54, 1.807) is 0 Å². The second-order valence-electron chi connectivity index (χ2n) is 7.12. The Labute approximate surface area is 156 Å². The number of amides is 1. The lowest BCUT2D eigenvalue weighted by Gasteiger charge is -2.11. The van der Waals surface area contributed by atoms with Gasteiger partial charge in [-0.3, -0.25) is 4.79 Å². The van der Waals surface area contributed by atoms with Gasteiger partial charge in [0.05, 0.1) is 6.61 Å². The molecule has 0 aliphatic carbocycles. The molecule has 2 rings (SSSR count). The third-order valence-electron chi connectivity index (χ3n) is 4.02. The fraction of sp³-hybridized carbons (Fsp3) is 0.409. The zero-order valence-electron chi connectivity index (χ0n) is 16.1. The molecular weight excluding hydrogens is 326 g/mol. The summed E-state index contributed by atoms with van der Waals surface area (Å²) >= 11 is 0. The minimum Gasteiger partial charge on any atom is -0.494 e. The van der Waals surface area contributed by atoms with Gasteiger partial charge in [0.2, 0.25) is 0 Å². The van der Waals surface area contributed by atoms with E-state index in [1.807, 2.05) is 48.5 Å². The lowest BCUT2D eigenvalue weighted by atomic mass is 10.0. The minimum absolute atomic E-state index is 0.0202. The normalized spacial score (nSPS) is 10.8. The SMILES string of the molecule is CC(C)CCOc1ccc(NC(=O)COc2ccc(C(C)C)cc2)cc1. The van der Waals surface area contributed by atoms with Crippen molar-refractivity contribution in [3.63, 3.8) is 0 Å². The first-order valence-corrected chi connectivity index (χ1v) is 9.19. The Morgan fingerprint density at radius 3 is 2.04 bits per heavy atom. The largest absolute Gasteiger partial charge is 0.494 e. The van der Waals surface area contributed by atoms with Crippen LogP contribution in [0.2, 0.25) is 0 Å². The highest BCUT2D eigenvalue weighted by molar-refractivity contribution is 5.91. The third-order valence-corrected chi connectivity index (χ3v) is 4.02. The van der Waals surface area contributed by atoms with Gasteiger partial charge >= 0.3 is 0 Å². The van der Waals surface area contributed by atoms with Crippen molar-refractivity contribution in [3.8, 4) is 11.5 Å². The van der Waals surface area contributed by atoms with Crippen LogP contribution in [0.5, 0.6) is 11.5 Å². The maximum absolute atomic E-state index is 12.0. The van der Waals surface area contributed by atoms with E-state index in [1.165, 1.54) is 5.56 Å². The average molecular weight is 355 g/mol. The minimum atomic E-state index is -0.189. The molecule has 0 saturated heterocycles. The van der Waals surface area contributed by atoms with E-state index in [9.17, 15) is 4.79 Å². The molecule has 0 atom stereocenters. The number of hydrogen-bond acceptors (Lipinski definition) is 3. The third kappa shape index (κ3) is 6.79. The van der Waals surface area contributed by atoms with Gasteiger partial charge in [0, 0.05) is 5.69 Å². The molecule has 2 aromatic rings. The van der Waals surface area contributed by atoms with Crippen molar-refractivity contribution in [1.82, 2.24) is 0 Å². The van der Waals surface area contributed by atoms with Crippen LogP contribution in [0.25, 0.3) is 0 Å². The summed E-state index contributed by atoms with van der Waals surface area (Å²) in [7, 11) is 0. The summed E-state index contributed by atoms with van der Waals surface area (Å²) in [6.45, 7) is 9.31. The predicted molar refractivity (Wildman–Crippen MR) is 106 cm³/mol. The molecule has 4 heteroatoms. The van der Waals surface area contributed by atoms with Crippen molar-refractivity contribution in [3.05, 3.63) is 54.1 Å². The first-order chi connectivity index (χ1) is 12.4. The molecule has 0 unspecified atom stereocenters. The molecule has 140 valence electrons. The Hall–Kier alpha value is -2.49. The standard InChI is InChI=1S/C22H29NO3/c1-16(2)13-14-25-20-11-7-19(8-12-20)23-22(24)15-26-21-9-5-18(6-10-21)17(3)4/h5-12,16-17H,13-15H2,1-4H3,(H,23,24). The van der Waals surface area contributed by atoms with E-state index in [0.29, 0.717) is 24.2 Å². The summed E-state index contributed by atoms with van der Waals surface area (Å²) in [4.78, 5) is 12.0. The number of carbonyl (C=O) groups excluding carboxylic acids is 1. The zero-order valence-corrected chi connectivity index (χ0v) is 16.1. The first kappa shape index (κ1) is 19.8. The van der Waals surface area contributed by atoms with Crippen LogP contribution >= 0.6 is 0 Å². The van der Waals surface area contributed by atoms with Crippen LogP contribution < -0.4 is 14.8 Å². The Balaban J connectivity index is 1.76. The van der Waals surface area contributed by atoms with E-state index < -0.39 is 0 Å². The Bertz CT molecular complexity index is 676. The molecule has 0 aliphatic rings. The molecule has 0 bridgehead atoms.